The molecule has 0 aromatic heterocycles. The molecule has 116 valence electrons. The smallest absolute Gasteiger partial charge is 0.319 e. The lowest BCUT2D eigenvalue weighted by Gasteiger charge is -2.09. The van der Waals surface area contributed by atoms with Crippen LogP contribution in [0.15, 0.2) is 42.5 Å². The molecule has 6 heteroatoms. The molecule has 2 aromatic rings. The van der Waals surface area contributed by atoms with Crippen LogP contribution in [-0.4, -0.2) is 17.7 Å². The maximum atomic E-state index is 13.5. The van der Waals surface area contributed by atoms with Crippen molar-refractivity contribution >= 4 is 23.3 Å². The zero-order valence-corrected chi connectivity index (χ0v) is 12.5. The van der Waals surface area contributed by atoms with Gasteiger partial charge in [0.05, 0.1) is 12.3 Å². The van der Waals surface area contributed by atoms with Crippen LogP contribution in [0.5, 0.6) is 0 Å². The Kier molecular flexibility index (Phi) is 5.75. The summed E-state index contributed by atoms with van der Waals surface area (Å²) in [4.78, 5) is 11.7. The number of hydrogen-bond donors (Lipinski definition) is 3. The van der Waals surface area contributed by atoms with Crippen LogP contribution in [0.25, 0.3) is 0 Å². The second-order valence-electron chi connectivity index (χ2n) is 4.73. The van der Waals surface area contributed by atoms with E-state index < -0.39 is 11.8 Å². The molecular weight excluding hydrogens is 307 g/mol. The molecule has 4 nitrogen and oxygen atoms in total. The van der Waals surface area contributed by atoms with Crippen LogP contribution in [0.3, 0.4) is 0 Å². The minimum atomic E-state index is -0.542. The number of hydrogen-bond acceptors (Lipinski definition) is 2. The topological polar surface area (TPSA) is 61.4 Å². The molecule has 2 rings (SSSR count). The van der Waals surface area contributed by atoms with Gasteiger partial charge in [0.15, 0.2) is 0 Å². The van der Waals surface area contributed by atoms with Crippen molar-refractivity contribution in [3.05, 3.63) is 64.4 Å². The van der Waals surface area contributed by atoms with Gasteiger partial charge < -0.3 is 15.7 Å². The van der Waals surface area contributed by atoms with E-state index >= 15 is 0 Å². The van der Waals surface area contributed by atoms with Crippen LogP contribution in [0.4, 0.5) is 14.9 Å². The van der Waals surface area contributed by atoms with Gasteiger partial charge in [-0.2, -0.15) is 0 Å². The first-order chi connectivity index (χ1) is 10.6. The van der Waals surface area contributed by atoms with Crippen LogP contribution in [0.2, 0.25) is 5.02 Å². The van der Waals surface area contributed by atoms with Crippen LogP contribution in [0.1, 0.15) is 11.1 Å². The van der Waals surface area contributed by atoms with Crippen molar-refractivity contribution in [1.29, 1.82) is 0 Å². The predicted octanol–water partition coefficient (Wildman–Crippen LogP) is 3.34. The Morgan fingerprint density at radius 3 is 2.50 bits per heavy atom. The van der Waals surface area contributed by atoms with Gasteiger partial charge in [-0.1, -0.05) is 35.9 Å². The first-order valence-electron chi connectivity index (χ1n) is 6.77. The summed E-state index contributed by atoms with van der Waals surface area (Å²) in [6, 6.07) is 10.9. The molecule has 22 heavy (non-hydrogen) atoms. The van der Waals surface area contributed by atoms with Crippen LogP contribution < -0.4 is 10.6 Å². The highest BCUT2D eigenvalue weighted by atomic mass is 35.5. The van der Waals surface area contributed by atoms with E-state index in [1.165, 1.54) is 18.2 Å². The van der Waals surface area contributed by atoms with Gasteiger partial charge in [0.25, 0.3) is 0 Å². The predicted molar refractivity (Wildman–Crippen MR) is 84.5 cm³/mol. The Balaban J connectivity index is 1.81. The van der Waals surface area contributed by atoms with E-state index in [1.807, 2.05) is 24.3 Å². The van der Waals surface area contributed by atoms with E-state index in [2.05, 4.69) is 10.6 Å². The largest absolute Gasteiger partial charge is 0.392 e. The summed E-state index contributed by atoms with van der Waals surface area (Å²) in [5, 5.41) is 14.4. The first kappa shape index (κ1) is 16.3. The number of benzene rings is 2. The third kappa shape index (κ3) is 4.72. The first-order valence-corrected chi connectivity index (χ1v) is 7.15. The Morgan fingerprint density at radius 2 is 1.82 bits per heavy atom. The Morgan fingerprint density at radius 1 is 1.14 bits per heavy atom. The molecule has 0 heterocycles. The van der Waals surface area contributed by atoms with Crippen molar-refractivity contribution in [3.63, 3.8) is 0 Å². The standard InChI is InChI=1S/C16H16ClFN2O2/c17-13-5-6-14(18)15(9-13)20-16(22)19-8-7-11-1-3-12(10-21)4-2-11/h1-6,9,21H,7-8,10H2,(H2,19,20,22). The average Bonchev–Trinajstić information content (AvgIpc) is 2.51. The molecule has 0 saturated carbocycles. The normalized spacial score (nSPS) is 10.3. The van der Waals surface area contributed by atoms with Gasteiger partial charge in [0.1, 0.15) is 5.82 Å². The molecule has 0 bridgehead atoms. The molecule has 0 saturated heterocycles. The number of rotatable bonds is 5. The molecule has 3 N–H and O–H groups in total. The van der Waals surface area contributed by atoms with E-state index in [-0.39, 0.29) is 12.3 Å². The fourth-order valence-electron chi connectivity index (χ4n) is 1.89. The fourth-order valence-corrected chi connectivity index (χ4v) is 2.06. The number of nitrogens with one attached hydrogen (secondary N) is 2. The minimum absolute atomic E-state index is 0.00609. The number of aliphatic hydroxyl groups is 1. The lowest BCUT2D eigenvalue weighted by atomic mass is 10.1. The SMILES string of the molecule is O=C(NCCc1ccc(CO)cc1)Nc1cc(Cl)ccc1F. The summed E-state index contributed by atoms with van der Waals surface area (Å²) in [6.45, 7) is 0.415. The van der Waals surface area contributed by atoms with Crippen molar-refractivity contribution in [2.75, 3.05) is 11.9 Å². The van der Waals surface area contributed by atoms with E-state index in [0.29, 0.717) is 18.0 Å². The van der Waals surface area contributed by atoms with E-state index in [9.17, 15) is 9.18 Å². The van der Waals surface area contributed by atoms with Gasteiger partial charge in [0.2, 0.25) is 0 Å². The number of amides is 2. The number of carbonyl (C=O) groups excluding carboxylic acids is 1. The highest BCUT2D eigenvalue weighted by molar-refractivity contribution is 6.30. The van der Waals surface area contributed by atoms with Crippen molar-refractivity contribution in [2.24, 2.45) is 0 Å². The van der Waals surface area contributed by atoms with Crippen molar-refractivity contribution < 1.29 is 14.3 Å². The highest BCUT2D eigenvalue weighted by Crippen LogP contribution is 2.19. The van der Waals surface area contributed by atoms with Crippen LogP contribution in [0, 0.1) is 5.82 Å². The Bertz CT molecular complexity index is 647. The molecule has 0 aliphatic rings. The second-order valence-corrected chi connectivity index (χ2v) is 5.17. The molecule has 0 fully saturated rings. The summed E-state index contributed by atoms with van der Waals surface area (Å²) >= 11 is 5.75. The lowest BCUT2D eigenvalue weighted by Crippen LogP contribution is -2.30. The molecule has 0 spiro atoms. The van der Waals surface area contributed by atoms with Crippen molar-refractivity contribution in [2.45, 2.75) is 13.0 Å². The maximum Gasteiger partial charge on any atom is 0.319 e. The molecule has 2 aromatic carbocycles. The minimum Gasteiger partial charge on any atom is -0.392 e. The molecular formula is C16H16ClFN2O2. The van der Waals surface area contributed by atoms with Gasteiger partial charge in [-0.25, -0.2) is 9.18 Å². The molecule has 0 unspecified atom stereocenters. The number of anilines is 1. The molecule has 0 aliphatic heterocycles. The average molecular weight is 323 g/mol. The van der Waals surface area contributed by atoms with Crippen molar-refractivity contribution in [3.8, 4) is 0 Å². The highest BCUT2D eigenvalue weighted by Gasteiger charge is 2.07. The second kappa shape index (κ2) is 7.77. The summed E-state index contributed by atoms with van der Waals surface area (Å²) in [5.41, 5.74) is 1.91. The number of halogens is 2. The monoisotopic (exact) mass is 322 g/mol. The van der Waals surface area contributed by atoms with Gasteiger partial charge >= 0.3 is 6.03 Å². The molecule has 0 radical (unpaired) electrons. The zero-order chi connectivity index (χ0) is 15.9. The Hall–Kier alpha value is -2.11. The Labute approximate surface area is 132 Å². The lowest BCUT2D eigenvalue weighted by molar-refractivity contribution is 0.252. The fraction of sp³-hybridized carbons (Fsp3) is 0.188. The third-order valence-electron chi connectivity index (χ3n) is 3.08. The number of carbonyl (C=O) groups is 1. The number of aliphatic hydroxyl groups excluding tert-OH is 1. The van der Waals surface area contributed by atoms with Gasteiger partial charge in [-0.05, 0) is 35.7 Å². The zero-order valence-electron chi connectivity index (χ0n) is 11.8. The third-order valence-corrected chi connectivity index (χ3v) is 3.32. The summed E-state index contributed by atoms with van der Waals surface area (Å²) in [5.74, 6) is -0.542. The van der Waals surface area contributed by atoms with E-state index in [1.54, 1.807) is 0 Å². The van der Waals surface area contributed by atoms with E-state index in [4.69, 9.17) is 16.7 Å². The quantitative estimate of drug-likeness (QED) is 0.790. The van der Waals surface area contributed by atoms with Crippen molar-refractivity contribution in [1.82, 2.24) is 5.32 Å². The molecule has 0 aliphatic carbocycles. The van der Waals surface area contributed by atoms with Gasteiger partial charge in [-0.15, -0.1) is 0 Å². The summed E-state index contributed by atoms with van der Waals surface area (Å²) in [6.07, 6.45) is 0.636. The summed E-state index contributed by atoms with van der Waals surface area (Å²) in [7, 11) is 0. The van der Waals surface area contributed by atoms with Crippen LogP contribution in [-0.2, 0) is 13.0 Å². The number of urea groups is 1. The van der Waals surface area contributed by atoms with E-state index in [0.717, 1.165) is 11.1 Å². The van der Waals surface area contributed by atoms with Crippen LogP contribution >= 0.6 is 11.6 Å². The van der Waals surface area contributed by atoms with Gasteiger partial charge in [0, 0.05) is 11.6 Å². The summed E-state index contributed by atoms with van der Waals surface area (Å²) < 4.78 is 13.5. The maximum absolute atomic E-state index is 13.5. The molecule has 0 atom stereocenters. The molecule has 2 amide bonds. The van der Waals surface area contributed by atoms with Gasteiger partial charge in [-0.3, -0.25) is 0 Å².